The van der Waals surface area contributed by atoms with Crippen LogP contribution < -0.4 is 27.0 Å². The summed E-state index contributed by atoms with van der Waals surface area (Å²) in [6.07, 6.45) is 12.0. The number of rotatable bonds is 14. The molecule has 0 unspecified atom stereocenters. The van der Waals surface area contributed by atoms with Gasteiger partial charge in [-0.2, -0.15) is 0 Å². The molecule has 0 aromatic rings. The standard InChI is InChI=1S/C32H58N6O6/c1-22(2)20-26(38-31(42)44-32(3,4)5)29(41)37-25(18-12-13-19-33)28(40)34-21-27(39)43-30(35-23-14-8-6-9-15-23)36-24-16-10-7-11-17-24/h22-26H,6-21,33H2,1-5H3,(H,34,40)(H,35,36)(H,37,41)(H,38,42)/t25-,26+/m1/s1. The Bertz CT molecular complexity index is 938. The Balaban J connectivity index is 2.03. The molecule has 0 radical (unpaired) electrons. The van der Waals surface area contributed by atoms with Crippen LogP contribution in [-0.2, 0) is 23.9 Å². The molecule has 2 rings (SSSR count). The van der Waals surface area contributed by atoms with Gasteiger partial charge in [0.2, 0.25) is 11.8 Å². The number of nitrogens with zero attached hydrogens (tertiary/aromatic N) is 1. The van der Waals surface area contributed by atoms with Gasteiger partial charge in [0.25, 0.3) is 6.02 Å². The van der Waals surface area contributed by atoms with Gasteiger partial charge >= 0.3 is 12.1 Å². The molecule has 44 heavy (non-hydrogen) atoms. The summed E-state index contributed by atoms with van der Waals surface area (Å²) in [5.74, 6) is -1.56. The Morgan fingerprint density at radius 2 is 1.50 bits per heavy atom. The van der Waals surface area contributed by atoms with E-state index in [1.165, 1.54) is 12.8 Å². The molecule has 0 aromatic heterocycles. The number of esters is 1. The lowest BCUT2D eigenvalue weighted by Gasteiger charge is -2.26. The van der Waals surface area contributed by atoms with Crippen molar-refractivity contribution in [3.63, 3.8) is 0 Å². The van der Waals surface area contributed by atoms with Gasteiger partial charge in [0.05, 0.1) is 6.04 Å². The third-order valence-electron chi connectivity index (χ3n) is 7.72. The summed E-state index contributed by atoms with van der Waals surface area (Å²) in [5.41, 5.74) is 4.92. The molecule has 6 N–H and O–H groups in total. The van der Waals surface area contributed by atoms with E-state index in [1.54, 1.807) is 20.8 Å². The highest BCUT2D eigenvalue weighted by Crippen LogP contribution is 2.21. The molecule has 12 heteroatoms. The Labute approximate surface area is 263 Å². The first-order valence-corrected chi connectivity index (χ1v) is 16.7. The van der Waals surface area contributed by atoms with Crippen molar-refractivity contribution in [2.24, 2.45) is 16.6 Å². The third kappa shape index (κ3) is 15.7. The number of unbranched alkanes of at least 4 members (excludes halogenated alkanes) is 1. The highest BCUT2D eigenvalue weighted by Gasteiger charge is 2.29. The number of carbonyl (C=O) groups excluding carboxylic acids is 4. The molecule has 2 fully saturated rings. The Hall–Kier alpha value is -2.89. The third-order valence-corrected chi connectivity index (χ3v) is 7.72. The second-order valence-electron chi connectivity index (χ2n) is 13.6. The number of amidine groups is 1. The molecule has 12 nitrogen and oxygen atoms in total. The predicted octanol–water partition coefficient (Wildman–Crippen LogP) is 3.81. The Morgan fingerprint density at radius 3 is 2.09 bits per heavy atom. The van der Waals surface area contributed by atoms with Crippen molar-refractivity contribution >= 4 is 29.9 Å². The van der Waals surface area contributed by atoms with Crippen LogP contribution in [0.1, 0.15) is 125 Å². The van der Waals surface area contributed by atoms with Gasteiger partial charge in [-0.3, -0.25) is 9.59 Å². The van der Waals surface area contributed by atoms with Crippen LogP contribution in [0.4, 0.5) is 4.79 Å². The molecule has 0 bridgehead atoms. The number of amides is 3. The molecule has 2 saturated carbocycles. The van der Waals surface area contributed by atoms with E-state index < -0.39 is 41.6 Å². The maximum absolute atomic E-state index is 13.3. The van der Waals surface area contributed by atoms with Crippen molar-refractivity contribution in [3.8, 4) is 0 Å². The zero-order valence-corrected chi connectivity index (χ0v) is 27.7. The van der Waals surface area contributed by atoms with Crippen LogP contribution >= 0.6 is 0 Å². The predicted molar refractivity (Wildman–Crippen MR) is 171 cm³/mol. The molecule has 2 atom stereocenters. The number of hydrogen-bond donors (Lipinski definition) is 5. The molecule has 0 heterocycles. The molecule has 0 spiro atoms. The fraction of sp³-hybridized carbons (Fsp3) is 0.844. The number of carbonyl (C=O) groups is 4. The van der Waals surface area contributed by atoms with Crippen LogP contribution in [0.3, 0.4) is 0 Å². The maximum atomic E-state index is 13.3. The molecule has 0 aromatic carbocycles. The molecule has 252 valence electrons. The summed E-state index contributed by atoms with van der Waals surface area (Å²) >= 11 is 0. The zero-order chi connectivity index (χ0) is 32.5. The molecular weight excluding hydrogens is 564 g/mol. The van der Waals surface area contributed by atoms with E-state index in [4.69, 9.17) is 20.2 Å². The van der Waals surface area contributed by atoms with Gasteiger partial charge in [-0.05, 0) is 84.6 Å². The summed E-state index contributed by atoms with van der Waals surface area (Å²) in [6, 6.07) is -1.26. The van der Waals surface area contributed by atoms with Crippen molar-refractivity contribution in [1.29, 1.82) is 0 Å². The van der Waals surface area contributed by atoms with Crippen molar-refractivity contribution < 1.29 is 28.7 Å². The van der Waals surface area contributed by atoms with Gasteiger partial charge in [-0.25, -0.2) is 14.6 Å². The van der Waals surface area contributed by atoms with Crippen LogP contribution in [0.2, 0.25) is 0 Å². The van der Waals surface area contributed by atoms with Gasteiger partial charge in [0.15, 0.2) is 0 Å². The topological polar surface area (TPSA) is 173 Å². The van der Waals surface area contributed by atoms with E-state index in [2.05, 4.69) is 21.3 Å². The van der Waals surface area contributed by atoms with Gasteiger partial charge in [0, 0.05) is 6.04 Å². The minimum Gasteiger partial charge on any atom is -0.444 e. The first-order valence-electron chi connectivity index (χ1n) is 16.7. The maximum Gasteiger partial charge on any atom is 0.408 e. The molecule has 3 amide bonds. The van der Waals surface area contributed by atoms with Crippen LogP contribution in [0.15, 0.2) is 4.99 Å². The minimum absolute atomic E-state index is 0.0895. The molecular formula is C32H58N6O6. The summed E-state index contributed by atoms with van der Waals surface area (Å²) < 4.78 is 11.0. The van der Waals surface area contributed by atoms with Crippen LogP contribution in [0, 0.1) is 5.92 Å². The number of nitrogens with one attached hydrogen (secondary N) is 4. The van der Waals surface area contributed by atoms with Crippen molar-refractivity contribution in [3.05, 3.63) is 0 Å². The second kappa shape index (κ2) is 19.5. The molecule has 2 aliphatic carbocycles. The van der Waals surface area contributed by atoms with E-state index in [-0.39, 0.29) is 30.6 Å². The van der Waals surface area contributed by atoms with E-state index in [0.717, 1.165) is 51.4 Å². The lowest BCUT2D eigenvalue weighted by molar-refractivity contribution is -0.137. The quantitative estimate of drug-likeness (QED) is 0.0842. The average Bonchev–Trinajstić information content (AvgIpc) is 2.95. The van der Waals surface area contributed by atoms with Crippen LogP contribution in [0.5, 0.6) is 0 Å². The van der Waals surface area contributed by atoms with Gasteiger partial charge in [0.1, 0.15) is 24.2 Å². The normalized spacial score (nSPS) is 18.2. The number of aliphatic imine (C=N–C) groups is 1. The van der Waals surface area contributed by atoms with Crippen LogP contribution in [-0.4, -0.2) is 72.8 Å². The van der Waals surface area contributed by atoms with E-state index in [1.807, 2.05) is 13.8 Å². The first-order chi connectivity index (χ1) is 20.9. The number of alkyl carbamates (subject to hydrolysis) is 1. The SMILES string of the molecule is CC(C)C[C@H](NC(=O)OC(C)(C)C)C(=O)N[C@H](CCCCN)C(=O)NCC(=O)O/C(=N\C1CCCCC1)NC1CCCCC1. The lowest BCUT2D eigenvalue weighted by atomic mass is 9.95. The lowest BCUT2D eigenvalue weighted by Crippen LogP contribution is -2.55. The zero-order valence-electron chi connectivity index (χ0n) is 27.7. The fourth-order valence-corrected chi connectivity index (χ4v) is 5.50. The second-order valence-corrected chi connectivity index (χ2v) is 13.6. The van der Waals surface area contributed by atoms with Crippen molar-refractivity contribution in [2.75, 3.05) is 13.1 Å². The summed E-state index contributed by atoms with van der Waals surface area (Å²) in [4.78, 5) is 56.6. The van der Waals surface area contributed by atoms with Crippen molar-refractivity contribution in [1.82, 2.24) is 21.3 Å². The molecule has 0 saturated heterocycles. The number of nitrogens with two attached hydrogens (primary N) is 1. The monoisotopic (exact) mass is 622 g/mol. The highest BCUT2D eigenvalue weighted by atomic mass is 16.6. The minimum atomic E-state index is -0.923. The smallest absolute Gasteiger partial charge is 0.408 e. The van der Waals surface area contributed by atoms with Crippen LogP contribution in [0.25, 0.3) is 0 Å². The molecule has 0 aliphatic heterocycles. The number of hydrogen-bond acceptors (Lipinski definition) is 8. The highest BCUT2D eigenvalue weighted by molar-refractivity contribution is 5.94. The van der Waals surface area contributed by atoms with E-state index >= 15 is 0 Å². The summed E-state index contributed by atoms with van der Waals surface area (Å²) in [5, 5.41) is 11.4. The largest absolute Gasteiger partial charge is 0.444 e. The summed E-state index contributed by atoms with van der Waals surface area (Å²) in [7, 11) is 0. The number of ether oxygens (including phenoxy) is 2. The first kappa shape index (κ1) is 37.3. The Kier molecular flexibility index (Phi) is 16.5. The average molecular weight is 623 g/mol. The molecule has 2 aliphatic rings. The van der Waals surface area contributed by atoms with Gasteiger partial charge in [-0.1, -0.05) is 52.4 Å². The van der Waals surface area contributed by atoms with Crippen molar-refractivity contribution in [2.45, 2.75) is 154 Å². The van der Waals surface area contributed by atoms with E-state index in [0.29, 0.717) is 32.2 Å². The Morgan fingerprint density at radius 1 is 0.864 bits per heavy atom. The summed E-state index contributed by atoms with van der Waals surface area (Å²) in [6.45, 7) is 9.16. The van der Waals surface area contributed by atoms with Gasteiger partial charge < -0.3 is 36.5 Å². The van der Waals surface area contributed by atoms with E-state index in [9.17, 15) is 19.2 Å². The van der Waals surface area contributed by atoms with Gasteiger partial charge in [-0.15, -0.1) is 0 Å². The fourth-order valence-electron chi connectivity index (χ4n) is 5.50.